The highest BCUT2D eigenvalue weighted by atomic mass is 79.9. The molecule has 0 radical (unpaired) electrons. The topological polar surface area (TPSA) is 75.7 Å². The minimum Gasteiger partial charge on any atom is -0.455 e. The number of amides is 2. The largest absolute Gasteiger partial charge is 0.455 e. The van der Waals surface area contributed by atoms with E-state index in [2.05, 4.69) is 21.2 Å². The summed E-state index contributed by atoms with van der Waals surface area (Å²) in [5.41, 5.74) is 0.964. The Balaban J connectivity index is 1.39. The van der Waals surface area contributed by atoms with Crippen molar-refractivity contribution in [3.63, 3.8) is 0 Å². The van der Waals surface area contributed by atoms with Crippen molar-refractivity contribution in [3.05, 3.63) is 69.9 Å². The van der Waals surface area contributed by atoms with Crippen LogP contribution in [0.3, 0.4) is 0 Å². The van der Waals surface area contributed by atoms with Crippen molar-refractivity contribution in [1.82, 2.24) is 10.2 Å². The number of benzene rings is 2. The van der Waals surface area contributed by atoms with Gasteiger partial charge in [-0.25, -0.2) is 4.39 Å². The van der Waals surface area contributed by atoms with Gasteiger partial charge in [-0.1, -0.05) is 34.1 Å². The molecule has 1 N–H and O–H groups in total. The van der Waals surface area contributed by atoms with E-state index in [1.54, 1.807) is 35.2 Å². The van der Waals surface area contributed by atoms with Gasteiger partial charge in [0.05, 0.1) is 5.92 Å². The van der Waals surface area contributed by atoms with E-state index in [0.29, 0.717) is 37.1 Å². The van der Waals surface area contributed by atoms with E-state index in [-0.39, 0.29) is 18.4 Å². The Bertz CT molecular complexity index is 912. The third-order valence-electron chi connectivity index (χ3n) is 4.99. The van der Waals surface area contributed by atoms with Crippen LogP contribution in [0.25, 0.3) is 0 Å². The fourth-order valence-corrected chi connectivity index (χ4v) is 3.50. The van der Waals surface area contributed by atoms with E-state index in [4.69, 9.17) is 4.74 Å². The number of hydrogen-bond donors (Lipinski definition) is 1. The van der Waals surface area contributed by atoms with E-state index in [0.717, 1.165) is 4.47 Å². The second kappa shape index (κ2) is 10.3. The monoisotopic (exact) mass is 476 g/mol. The van der Waals surface area contributed by atoms with E-state index >= 15 is 0 Å². The molecule has 0 saturated carbocycles. The van der Waals surface area contributed by atoms with Crippen LogP contribution >= 0.6 is 15.9 Å². The minimum atomic E-state index is -0.491. The van der Waals surface area contributed by atoms with Gasteiger partial charge in [-0.2, -0.15) is 0 Å². The van der Waals surface area contributed by atoms with Crippen molar-refractivity contribution in [2.45, 2.75) is 19.4 Å². The van der Waals surface area contributed by atoms with Gasteiger partial charge in [0.1, 0.15) is 5.82 Å². The number of carbonyl (C=O) groups is 3. The molecule has 1 saturated heterocycles. The standard InChI is InChI=1S/C22H22BrFN2O4/c23-18-7-5-15(6-8-18)21(28)26-11-9-16(10-12-26)22(29)30-14-20(27)25-13-17-3-1-2-4-19(17)24/h1-8,16H,9-14H2,(H,25,27). The van der Waals surface area contributed by atoms with Crippen LogP contribution < -0.4 is 5.32 Å². The second-order valence-corrected chi connectivity index (χ2v) is 7.96. The van der Waals surface area contributed by atoms with Crippen molar-refractivity contribution < 1.29 is 23.5 Å². The lowest BCUT2D eigenvalue weighted by atomic mass is 9.96. The van der Waals surface area contributed by atoms with Crippen LogP contribution in [0, 0.1) is 11.7 Å². The van der Waals surface area contributed by atoms with Crippen LogP contribution in [0.1, 0.15) is 28.8 Å². The number of piperidine rings is 1. The van der Waals surface area contributed by atoms with Gasteiger partial charge in [0.15, 0.2) is 6.61 Å². The van der Waals surface area contributed by atoms with Crippen LogP contribution in [0.2, 0.25) is 0 Å². The summed E-state index contributed by atoms with van der Waals surface area (Å²) in [7, 11) is 0. The third kappa shape index (κ3) is 5.89. The molecule has 158 valence electrons. The van der Waals surface area contributed by atoms with Crippen molar-refractivity contribution in [2.24, 2.45) is 5.92 Å². The molecule has 0 aliphatic carbocycles. The maximum atomic E-state index is 13.5. The molecule has 2 aromatic rings. The average Bonchev–Trinajstić information content (AvgIpc) is 2.77. The van der Waals surface area contributed by atoms with Gasteiger partial charge >= 0.3 is 5.97 Å². The van der Waals surface area contributed by atoms with Gasteiger partial charge in [-0.15, -0.1) is 0 Å². The van der Waals surface area contributed by atoms with E-state index in [1.807, 2.05) is 12.1 Å². The molecule has 8 heteroatoms. The lowest BCUT2D eigenvalue weighted by Crippen LogP contribution is -2.41. The zero-order chi connectivity index (χ0) is 21.5. The predicted octanol–water partition coefficient (Wildman–Crippen LogP) is 3.30. The molecular weight excluding hydrogens is 455 g/mol. The van der Waals surface area contributed by atoms with Crippen LogP contribution in [-0.4, -0.2) is 42.4 Å². The quantitative estimate of drug-likeness (QED) is 0.648. The summed E-state index contributed by atoms with van der Waals surface area (Å²) < 4.78 is 19.5. The minimum absolute atomic E-state index is 0.0274. The zero-order valence-corrected chi connectivity index (χ0v) is 17.9. The maximum absolute atomic E-state index is 13.5. The molecule has 3 rings (SSSR count). The highest BCUT2D eigenvalue weighted by molar-refractivity contribution is 9.10. The van der Waals surface area contributed by atoms with E-state index < -0.39 is 24.3 Å². The van der Waals surface area contributed by atoms with Crippen molar-refractivity contribution >= 4 is 33.7 Å². The Morgan fingerprint density at radius 3 is 2.40 bits per heavy atom. The smallest absolute Gasteiger partial charge is 0.309 e. The number of ether oxygens (including phenoxy) is 1. The van der Waals surface area contributed by atoms with Crippen molar-refractivity contribution in [1.29, 1.82) is 0 Å². The molecule has 1 heterocycles. The molecule has 6 nitrogen and oxygen atoms in total. The normalized spacial score (nSPS) is 14.3. The van der Waals surface area contributed by atoms with Gasteiger partial charge in [0, 0.05) is 35.2 Å². The Labute approximate surface area is 182 Å². The van der Waals surface area contributed by atoms with Gasteiger partial charge in [-0.3, -0.25) is 14.4 Å². The van der Waals surface area contributed by atoms with Gasteiger partial charge in [-0.05, 0) is 43.2 Å². The Hall–Kier alpha value is -2.74. The number of likely N-dealkylation sites (tertiary alicyclic amines) is 1. The Morgan fingerprint density at radius 1 is 1.07 bits per heavy atom. The summed E-state index contributed by atoms with van der Waals surface area (Å²) in [5.74, 6) is -1.76. The number of nitrogens with one attached hydrogen (secondary N) is 1. The molecule has 0 spiro atoms. The number of halogens is 2. The van der Waals surface area contributed by atoms with Crippen LogP contribution in [0.5, 0.6) is 0 Å². The number of hydrogen-bond acceptors (Lipinski definition) is 4. The number of esters is 1. The molecule has 1 aliphatic heterocycles. The second-order valence-electron chi connectivity index (χ2n) is 7.05. The van der Waals surface area contributed by atoms with Gasteiger partial charge < -0.3 is 15.0 Å². The first-order valence-corrected chi connectivity index (χ1v) is 10.4. The lowest BCUT2D eigenvalue weighted by Gasteiger charge is -2.31. The zero-order valence-electron chi connectivity index (χ0n) is 16.3. The SMILES string of the molecule is O=C(COC(=O)C1CCN(C(=O)c2ccc(Br)cc2)CC1)NCc1ccccc1F. The fourth-order valence-electron chi connectivity index (χ4n) is 3.23. The summed E-state index contributed by atoms with van der Waals surface area (Å²) >= 11 is 3.34. The van der Waals surface area contributed by atoms with Gasteiger partial charge in [0.25, 0.3) is 11.8 Å². The maximum Gasteiger partial charge on any atom is 0.309 e. The molecule has 0 unspecified atom stereocenters. The molecule has 0 aromatic heterocycles. The molecule has 1 aliphatic rings. The fraction of sp³-hybridized carbons (Fsp3) is 0.318. The van der Waals surface area contributed by atoms with Gasteiger partial charge in [0.2, 0.25) is 0 Å². The number of carbonyl (C=O) groups excluding carboxylic acids is 3. The van der Waals surface area contributed by atoms with Crippen LogP contribution in [-0.2, 0) is 20.9 Å². The predicted molar refractivity (Wildman–Crippen MR) is 112 cm³/mol. The van der Waals surface area contributed by atoms with Crippen LogP contribution in [0.15, 0.2) is 53.0 Å². The average molecular weight is 477 g/mol. The highest BCUT2D eigenvalue weighted by Gasteiger charge is 2.29. The summed E-state index contributed by atoms with van der Waals surface area (Å²) in [6, 6.07) is 13.3. The van der Waals surface area contributed by atoms with Crippen molar-refractivity contribution in [2.75, 3.05) is 19.7 Å². The molecule has 0 bridgehead atoms. The van der Waals surface area contributed by atoms with Crippen LogP contribution in [0.4, 0.5) is 4.39 Å². The van der Waals surface area contributed by atoms with Crippen molar-refractivity contribution in [3.8, 4) is 0 Å². The number of nitrogens with zero attached hydrogens (tertiary/aromatic N) is 1. The Morgan fingerprint density at radius 2 is 1.73 bits per heavy atom. The summed E-state index contributed by atoms with van der Waals surface area (Å²) in [6.07, 6.45) is 0.968. The Kier molecular flexibility index (Phi) is 7.57. The first-order valence-electron chi connectivity index (χ1n) is 9.65. The lowest BCUT2D eigenvalue weighted by molar-refractivity contribution is -0.153. The number of rotatable bonds is 6. The third-order valence-corrected chi connectivity index (χ3v) is 5.51. The molecule has 2 amide bonds. The summed E-state index contributed by atoms with van der Waals surface area (Å²) in [4.78, 5) is 38.4. The molecule has 0 atom stereocenters. The first kappa shape index (κ1) is 22.0. The molecule has 2 aromatic carbocycles. The molecular formula is C22H22BrFN2O4. The van der Waals surface area contributed by atoms with E-state index in [1.165, 1.54) is 6.07 Å². The first-order chi connectivity index (χ1) is 14.4. The highest BCUT2D eigenvalue weighted by Crippen LogP contribution is 2.21. The summed E-state index contributed by atoms with van der Waals surface area (Å²) in [6.45, 7) is 0.521. The summed E-state index contributed by atoms with van der Waals surface area (Å²) in [5, 5.41) is 2.53. The molecule has 1 fully saturated rings. The van der Waals surface area contributed by atoms with E-state index in [9.17, 15) is 18.8 Å². The molecule has 30 heavy (non-hydrogen) atoms.